The van der Waals surface area contributed by atoms with E-state index >= 15 is 0 Å². The Labute approximate surface area is 184 Å². The molecular weight excluding hydrogens is 430 g/mol. The quantitative estimate of drug-likeness (QED) is 0.339. The summed E-state index contributed by atoms with van der Waals surface area (Å²) in [6.07, 6.45) is 1.74. The van der Waals surface area contributed by atoms with E-state index < -0.39 is 0 Å². The molecule has 0 aromatic heterocycles. The van der Waals surface area contributed by atoms with E-state index in [2.05, 4.69) is 0 Å². The number of thioether (sulfide) groups is 1. The van der Waals surface area contributed by atoms with Gasteiger partial charge in [-0.2, -0.15) is 0 Å². The van der Waals surface area contributed by atoms with E-state index in [1.165, 1.54) is 23.8 Å². The van der Waals surface area contributed by atoms with Gasteiger partial charge in [0.05, 0.1) is 17.0 Å². The molecular formula is C21H20ClNO4S2. The maximum Gasteiger partial charge on any atom is 0.265 e. The summed E-state index contributed by atoms with van der Waals surface area (Å²) in [6.45, 7) is 2.68. The van der Waals surface area contributed by atoms with Gasteiger partial charge < -0.3 is 14.2 Å². The second-order valence-electron chi connectivity index (χ2n) is 6.29. The number of aryl methyl sites for hydroxylation is 1. The zero-order chi connectivity index (χ0) is 21.0. The molecule has 0 aliphatic carbocycles. The zero-order valence-corrected chi connectivity index (χ0v) is 18.6. The first-order chi connectivity index (χ1) is 13.9. The molecule has 0 atom stereocenters. The number of nitrogens with zero attached hydrogens (tertiary/aromatic N) is 1. The summed E-state index contributed by atoms with van der Waals surface area (Å²) < 4.78 is 17.4. The van der Waals surface area contributed by atoms with E-state index in [1.54, 1.807) is 25.3 Å². The van der Waals surface area contributed by atoms with Crippen molar-refractivity contribution in [2.45, 2.75) is 6.92 Å². The second kappa shape index (κ2) is 9.52. The van der Waals surface area contributed by atoms with Crippen molar-refractivity contribution in [2.24, 2.45) is 0 Å². The number of benzene rings is 2. The number of rotatable bonds is 7. The van der Waals surface area contributed by atoms with Crippen molar-refractivity contribution in [3.8, 4) is 17.2 Å². The smallest absolute Gasteiger partial charge is 0.265 e. The third-order valence-electron chi connectivity index (χ3n) is 4.12. The number of amides is 1. The molecule has 0 N–H and O–H groups in total. The average Bonchev–Trinajstić information content (AvgIpc) is 2.93. The molecule has 0 spiro atoms. The monoisotopic (exact) mass is 449 g/mol. The van der Waals surface area contributed by atoms with E-state index in [1.807, 2.05) is 31.2 Å². The van der Waals surface area contributed by atoms with Crippen molar-refractivity contribution in [1.82, 2.24) is 4.90 Å². The highest BCUT2D eigenvalue weighted by molar-refractivity contribution is 8.26. The maximum absolute atomic E-state index is 12.2. The topological polar surface area (TPSA) is 48.0 Å². The van der Waals surface area contributed by atoms with Gasteiger partial charge in [-0.3, -0.25) is 9.69 Å². The molecule has 0 unspecified atom stereocenters. The van der Waals surface area contributed by atoms with Crippen LogP contribution in [0.5, 0.6) is 17.2 Å². The van der Waals surface area contributed by atoms with E-state index in [9.17, 15) is 4.79 Å². The fourth-order valence-corrected chi connectivity index (χ4v) is 4.12. The lowest BCUT2D eigenvalue weighted by atomic mass is 10.2. The SMILES string of the molecule is COc1cc(/C=C2/SC(=S)N(C)C2=O)cc(Cl)c1OCCOc1cccc(C)c1. The van der Waals surface area contributed by atoms with Gasteiger partial charge in [-0.05, 0) is 48.4 Å². The molecule has 5 nitrogen and oxygen atoms in total. The minimum Gasteiger partial charge on any atom is -0.493 e. The summed E-state index contributed by atoms with van der Waals surface area (Å²) in [5.41, 5.74) is 1.85. The lowest BCUT2D eigenvalue weighted by molar-refractivity contribution is -0.121. The van der Waals surface area contributed by atoms with E-state index in [0.29, 0.717) is 39.0 Å². The third-order valence-corrected chi connectivity index (χ3v) is 5.89. The van der Waals surface area contributed by atoms with Crippen molar-refractivity contribution in [3.05, 3.63) is 57.5 Å². The maximum atomic E-state index is 12.2. The summed E-state index contributed by atoms with van der Waals surface area (Å²) >= 11 is 12.8. The number of hydrogen-bond acceptors (Lipinski definition) is 6. The first-order valence-electron chi connectivity index (χ1n) is 8.80. The van der Waals surface area contributed by atoms with Crippen LogP contribution in [0, 0.1) is 6.92 Å². The first kappa shape index (κ1) is 21.5. The van der Waals surface area contributed by atoms with Gasteiger partial charge in [-0.1, -0.05) is 47.7 Å². The molecule has 1 heterocycles. The molecule has 2 aromatic carbocycles. The standard InChI is InChI=1S/C21H20ClNO4S2/c1-13-5-4-6-15(9-13)26-7-8-27-19-16(22)10-14(11-17(19)25-3)12-18-20(24)23(2)21(28)29-18/h4-6,9-12H,7-8H2,1-3H3/b18-12+. The molecule has 0 radical (unpaired) electrons. The Morgan fingerprint density at radius 3 is 2.62 bits per heavy atom. The number of thiocarbonyl (C=S) groups is 1. The number of halogens is 1. The highest BCUT2D eigenvalue weighted by atomic mass is 35.5. The normalized spacial score (nSPS) is 15.2. The predicted octanol–water partition coefficient (Wildman–Crippen LogP) is 4.95. The molecule has 2 aromatic rings. The zero-order valence-electron chi connectivity index (χ0n) is 16.2. The largest absolute Gasteiger partial charge is 0.493 e. The molecule has 1 amide bonds. The number of hydrogen-bond donors (Lipinski definition) is 0. The third kappa shape index (κ3) is 5.23. The van der Waals surface area contributed by atoms with Gasteiger partial charge in [0.15, 0.2) is 11.5 Å². The number of carbonyl (C=O) groups is 1. The van der Waals surface area contributed by atoms with E-state index in [4.69, 9.17) is 38.0 Å². The Morgan fingerprint density at radius 1 is 1.21 bits per heavy atom. The number of carbonyl (C=O) groups excluding carboxylic acids is 1. The Bertz CT molecular complexity index is 977. The predicted molar refractivity (Wildman–Crippen MR) is 121 cm³/mol. The van der Waals surface area contributed by atoms with Crippen molar-refractivity contribution < 1.29 is 19.0 Å². The van der Waals surface area contributed by atoms with Crippen LogP contribution in [0.15, 0.2) is 41.3 Å². The number of methoxy groups -OCH3 is 1. The van der Waals surface area contributed by atoms with E-state index in [0.717, 1.165) is 16.9 Å². The Hall–Kier alpha value is -2.22. The Kier molecular flexibility index (Phi) is 7.05. The van der Waals surface area contributed by atoms with Gasteiger partial charge in [0, 0.05) is 7.05 Å². The van der Waals surface area contributed by atoms with Crippen LogP contribution in [0.25, 0.3) is 6.08 Å². The molecule has 3 rings (SSSR count). The van der Waals surface area contributed by atoms with Crippen LogP contribution in [-0.2, 0) is 4.79 Å². The fraction of sp³-hybridized carbons (Fsp3) is 0.238. The lowest BCUT2D eigenvalue weighted by Gasteiger charge is -2.14. The van der Waals surface area contributed by atoms with Gasteiger partial charge in [-0.25, -0.2) is 0 Å². The molecule has 29 heavy (non-hydrogen) atoms. The summed E-state index contributed by atoms with van der Waals surface area (Å²) in [5.74, 6) is 1.56. The molecule has 1 aliphatic rings. The summed E-state index contributed by atoms with van der Waals surface area (Å²) in [5, 5.41) is 0.387. The molecule has 8 heteroatoms. The molecule has 152 valence electrons. The molecule has 1 fully saturated rings. The molecule has 0 saturated carbocycles. The minimum atomic E-state index is -0.135. The van der Waals surface area contributed by atoms with Crippen LogP contribution in [0.3, 0.4) is 0 Å². The number of likely N-dealkylation sites (N-methyl/N-ethyl adjacent to an activating group) is 1. The van der Waals surface area contributed by atoms with Gasteiger partial charge in [0.1, 0.15) is 23.3 Å². The van der Waals surface area contributed by atoms with Crippen LogP contribution in [-0.4, -0.2) is 42.5 Å². The van der Waals surface area contributed by atoms with Gasteiger partial charge >= 0.3 is 0 Å². The van der Waals surface area contributed by atoms with Crippen LogP contribution in [0.2, 0.25) is 5.02 Å². The van der Waals surface area contributed by atoms with Gasteiger partial charge in [0.25, 0.3) is 5.91 Å². The van der Waals surface area contributed by atoms with Crippen LogP contribution in [0.4, 0.5) is 0 Å². The van der Waals surface area contributed by atoms with Crippen LogP contribution in [0.1, 0.15) is 11.1 Å². The lowest BCUT2D eigenvalue weighted by Crippen LogP contribution is -2.22. The first-order valence-corrected chi connectivity index (χ1v) is 10.4. The Balaban J connectivity index is 1.68. The van der Waals surface area contributed by atoms with Crippen LogP contribution >= 0.6 is 35.6 Å². The Morgan fingerprint density at radius 2 is 1.97 bits per heavy atom. The van der Waals surface area contributed by atoms with Crippen molar-refractivity contribution in [1.29, 1.82) is 0 Å². The van der Waals surface area contributed by atoms with Crippen molar-refractivity contribution in [2.75, 3.05) is 27.4 Å². The molecule has 1 saturated heterocycles. The van der Waals surface area contributed by atoms with Crippen molar-refractivity contribution >= 4 is 51.9 Å². The summed E-state index contributed by atoms with van der Waals surface area (Å²) in [6, 6.07) is 11.3. The van der Waals surface area contributed by atoms with Crippen molar-refractivity contribution in [3.63, 3.8) is 0 Å². The summed E-state index contributed by atoms with van der Waals surface area (Å²) in [7, 11) is 3.19. The average molecular weight is 450 g/mol. The number of ether oxygens (including phenoxy) is 3. The highest BCUT2D eigenvalue weighted by Gasteiger charge is 2.28. The molecule has 1 aliphatic heterocycles. The summed E-state index contributed by atoms with van der Waals surface area (Å²) in [4.78, 5) is 14.2. The minimum absolute atomic E-state index is 0.135. The van der Waals surface area contributed by atoms with Crippen LogP contribution < -0.4 is 14.2 Å². The fourth-order valence-electron chi connectivity index (χ4n) is 2.67. The second-order valence-corrected chi connectivity index (χ2v) is 8.37. The van der Waals surface area contributed by atoms with Gasteiger partial charge in [0.2, 0.25) is 0 Å². The molecule has 0 bridgehead atoms. The highest BCUT2D eigenvalue weighted by Crippen LogP contribution is 2.38. The van der Waals surface area contributed by atoms with Gasteiger partial charge in [-0.15, -0.1) is 0 Å². The van der Waals surface area contributed by atoms with E-state index in [-0.39, 0.29) is 5.91 Å².